The lowest BCUT2D eigenvalue weighted by atomic mass is 9.97. The molecule has 2 fully saturated rings. The van der Waals surface area contributed by atoms with E-state index in [-0.39, 0.29) is 34.6 Å². The number of carbonyl (C=O) groups excluding carboxylic acids is 2. The Kier molecular flexibility index (Phi) is 6.44. The molecular formula is C27H33N3O4S. The first kappa shape index (κ1) is 24.0. The summed E-state index contributed by atoms with van der Waals surface area (Å²) in [5, 5.41) is 2.99. The van der Waals surface area contributed by atoms with Gasteiger partial charge in [0.15, 0.2) is 0 Å². The third-order valence-electron chi connectivity index (χ3n) is 7.50. The number of benzene rings is 2. The first-order valence-electron chi connectivity index (χ1n) is 12.6. The Morgan fingerprint density at radius 1 is 1.00 bits per heavy atom. The third kappa shape index (κ3) is 4.74. The average Bonchev–Trinajstić information content (AvgIpc) is 3.65. The minimum Gasteiger partial charge on any atom is -0.326 e. The molecule has 1 N–H and O–H groups in total. The first-order chi connectivity index (χ1) is 16.8. The van der Waals surface area contributed by atoms with Crippen molar-refractivity contribution >= 4 is 33.2 Å². The van der Waals surface area contributed by atoms with Crippen LogP contribution >= 0.6 is 0 Å². The number of rotatable bonds is 6. The summed E-state index contributed by atoms with van der Waals surface area (Å²) in [6, 6.07) is 13.0. The van der Waals surface area contributed by atoms with Gasteiger partial charge in [-0.3, -0.25) is 9.59 Å². The maximum Gasteiger partial charge on any atom is 0.243 e. The van der Waals surface area contributed by atoms with E-state index in [1.807, 2.05) is 36.1 Å². The van der Waals surface area contributed by atoms with Crippen molar-refractivity contribution in [2.75, 3.05) is 23.3 Å². The van der Waals surface area contributed by atoms with E-state index >= 15 is 0 Å². The summed E-state index contributed by atoms with van der Waals surface area (Å²) in [6.45, 7) is 4.72. The van der Waals surface area contributed by atoms with Gasteiger partial charge in [0, 0.05) is 42.3 Å². The molecule has 7 nitrogen and oxygen atoms in total. The Balaban J connectivity index is 1.24. The van der Waals surface area contributed by atoms with Crippen molar-refractivity contribution in [3.63, 3.8) is 0 Å². The van der Waals surface area contributed by atoms with E-state index in [1.54, 1.807) is 18.2 Å². The number of hydrogen-bond donors (Lipinski definition) is 1. The molecule has 8 heteroatoms. The molecule has 1 aliphatic carbocycles. The predicted molar refractivity (Wildman–Crippen MR) is 136 cm³/mol. The lowest BCUT2D eigenvalue weighted by Gasteiger charge is -2.30. The Labute approximate surface area is 207 Å². The number of piperidine rings is 1. The Morgan fingerprint density at radius 2 is 1.74 bits per heavy atom. The van der Waals surface area contributed by atoms with Crippen LogP contribution in [0.25, 0.3) is 0 Å². The Bertz CT molecular complexity index is 1250. The van der Waals surface area contributed by atoms with Crippen LogP contribution in [0.1, 0.15) is 50.7 Å². The van der Waals surface area contributed by atoms with Gasteiger partial charge in [0.25, 0.3) is 0 Å². The maximum absolute atomic E-state index is 13.4. The second-order valence-electron chi connectivity index (χ2n) is 10.0. The fraction of sp³-hybridized carbons (Fsp3) is 0.481. The van der Waals surface area contributed by atoms with Gasteiger partial charge in [0.2, 0.25) is 21.8 Å². The number of anilines is 2. The molecule has 2 aromatic rings. The molecule has 5 rings (SSSR count). The SMILES string of the molecule is CCc1cccc(NC(=O)C2CCN(S(=O)(=O)c3ccc4c(c3)C[C@@H](C)N4C(=O)C3CC3)CC2)c1. The summed E-state index contributed by atoms with van der Waals surface area (Å²) in [7, 11) is -3.66. The number of nitrogens with zero attached hydrogens (tertiary/aromatic N) is 2. The quantitative estimate of drug-likeness (QED) is 0.657. The Morgan fingerprint density at radius 3 is 2.43 bits per heavy atom. The van der Waals surface area contributed by atoms with Crippen LogP contribution in [-0.4, -0.2) is 43.7 Å². The summed E-state index contributed by atoms with van der Waals surface area (Å²) in [5.74, 6) is 0.0198. The predicted octanol–water partition coefficient (Wildman–Crippen LogP) is 3.98. The second kappa shape index (κ2) is 9.39. The maximum atomic E-state index is 13.4. The standard InChI is InChI=1S/C27H33N3O4S/c1-3-19-5-4-6-23(16-19)28-26(31)20-11-13-29(14-12-20)35(33,34)24-9-10-25-22(17-24)15-18(2)30(25)27(32)21-7-8-21/h4-6,9-10,16-18,20-21H,3,7-8,11-15H2,1-2H3,(H,28,31)/t18-/m1/s1. The van der Waals surface area contributed by atoms with Gasteiger partial charge >= 0.3 is 0 Å². The highest BCUT2D eigenvalue weighted by molar-refractivity contribution is 7.89. The normalized spacial score (nSPS) is 21.1. The Hall–Kier alpha value is -2.71. The molecule has 2 aromatic carbocycles. The zero-order valence-electron chi connectivity index (χ0n) is 20.4. The fourth-order valence-corrected chi connectivity index (χ4v) is 6.77. The highest BCUT2D eigenvalue weighted by atomic mass is 32.2. The van der Waals surface area contributed by atoms with Crippen molar-refractivity contribution in [3.05, 3.63) is 53.6 Å². The lowest BCUT2D eigenvalue weighted by Crippen LogP contribution is -2.41. The van der Waals surface area contributed by atoms with Crippen molar-refractivity contribution in [3.8, 4) is 0 Å². The van der Waals surface area contributed by atoms with Crippen LogP contribution in [0.15, 0.2) is 47.4 Å². The first-order valence-corrected chi connectivity index (χ1v) is 14.1. The molecule has 2 aliphatic heterocycles. The molecule has 0 spiro atoms. The van der Waals surface area contributed by atoms with Gasteiger partial charge in [-0.1, -0.05) is 19.1 Å². The molecule has 2 amide bonds. The topological polar surface area (TPSA) is 86.8 Å². The van der Waals surface area contributed by atoms with Crippen molar-refractivity contribution in [2.45, 2.75) is 63.3 Å². The third-order valence-corrected chi connectivity index (χ3v) is 9.39. The van der Waals surface area contributed by atoms with Gasteiger partial charge in [-0.05, 0) is 86.9 Å². The van der Waals surface area contributed by atoms with Crippen LogP contribution in [0.3, 0.4) is 0 Å². The van der Waals surface area contributed by atoms with Crippen LogP contribution in [-0.2, 0) is 32.5 Å². The number of carbonyl (C=O) groups is 2. The van der Waals surface area contributed by atoms with Crippen LogP contribution in [0.2, 0.25) is 0 Å². The molecule has 0 radical (unpaired) electrons. The number of fused-ring (bicyclic) bond motifs is 1. The van der Waals surface area contributed by atoms with Gasteiger partial charge in [-0.2, -0.15) is 4.31 Å². The number of sulfonamides is 1. The molecule has 1 atom stereocenters. The summed E-state index contributed by atoms with van der Waals surface area (Å²) >= 11 is 0. The molecule has 35 heavy (non-hydrogen) atoms. The van der Waals surface area contributed by atoms with E-state index in [1.165, 1.54) is 4.31 Å². The van der Waals surface area contributed by atoms with Gasteiger partial charge < -0.3 is 10.2 Å². The molecule has 1 saturated carbocycles. The zero-order valence-corrected chi connectivity index (χ0v) is 21.2. The molecule has 0 unspecified atom stereocenters. The van der Waals surface area contributed by atoms with Crippen molar-refractivity contribution in [2.24, 2.45) is 11.8 Å². The largest absolute Gasteiger partial charge is 0.326 e. The number of nitrogens with one attached hydrogen (secondary N) is 1. The lowest BCUT2D eigenvalue weighted by molar-refractivity contribution is -0.121. The van der Waals surface area contributed by atoms with E-state index in [9.17, 15) is 18.0 Å². The molecule has 0 aromatic heterocycles. The van der Waals surface area contributed by atoms with Crippen LogP contribution in [0, 0.1) is 11.8 Å². The molecule has 3 aliphatic rings. The monoisotopic (exact) mass is 495 g/mol. The van der Waals surface area contributed by atoms with Crippen molar-refractivity contribution < 1.29 is 18.0 Å². The van der Waals surface area contributed by atoms with E-state index in [0.29, 0.717) is 32.4 Å². The molecule has 1 saturated heterocycles. The van der Waals surface area contributed by atoms with E-state index < -0.39 is 10.0 Å². The smallest absolute Gasteiger partial charge is 0.243 e. The number of amides is 2. The molecule has 186 valence electrons. The number of hydrogen-bond acceptors (Lipinski definition) is 4. The highest BCUT2D eigenvalue weighted by Crippen LogP contribution is 2.40. The van der Waals surface area contributed by atoms with Gasteiger partial charge in [-0.25, -0.2) is 8.42 Å². The minimum atomic E-state index is -3.66. The van der Waals surface area contributed by atoms with Gasteiger partial charge in [-0.15, -0.1) is 0 Å². The van der Waals surface area contributed by atoms with Crippen molar-refractivity contribution in [1.29, 1.82) is 0 Å². The van der Waals surface area contributed by atoms with Crippen LogP contribution in [0.4, 0.5) is 11.4 Å². The minimum absolute atomic E-state index is 0.0448. The van der Waals surface area contributed by atoms with Crippen molar-refractivity contribution in [1.82, 2.24) is 4.31 Å². The van der Waals surface area contributed by atoms with Gasteiger partial charge in [0.05, 0.1) is 4.90 Å². The highest BCUT2D eigenvalue weighted by Gasteiger charge is 2.40. The molecule has 2 heterocycles. The summed E-state index contributed by atoms with van der Waals surface area (Å²) in [6.07, 6.45) is 4.44. The second-order valence-corrected chi connectivity index (χ2v) is 12.0. The summed E-state index contributed by atoms with van der Waals surface area (Å²) in [4.78, 5) is 27.6. The zero-order chi connectivity index (χ0) is 24.7. The molecular weight excluding hydrogens is 462 g/mol. The van der Waals surface area contributed by atoms with E-state index in [2.05, 4.69) is 12.2 Å². The average molecular weight is 496 g/mol. The van der Waals surface area contributed by atoms with E-state index in [0.717, 1.165) is 41.8 Å². The van der Waals surface area contributed by atoms with Crippen LogP contribution in [0.5, 0.6) is 0 Å². The molecule has 0 bridgehead atoms. The number of aryl methyl sites for hydroxylation is 1. The van der Waals surface area contributed by atoms with E-state index in [4.69, 9.17) is 0 Å². The van der Waals surface area contributed by atoms with Gasteiger partial charge in [0.1, 0.15) is 0 Å². The summed E-state index contributed by atoms with van der Waals surface area (Å²) < 4.78 is 28.3. The van der Waals surface area contributed by atoms with Crippen LogP contribution < -0.4 is 10.2 Å². The summed E-state index contributed by atoms with van der Waals surface area (Å²) in [5.41, 5.74) is 3.70. The fourth-order valence-electron chi connectivity index (χ4n) is 5.25.